The van der Waals surface area contributed by atoms with E-state index in [1.165, 1.54) is 12.1 Å². The molecule has 0 unspecified atom stereocenters. The number of rotatable bonds is 9. The van der Waals surface area contributed by atoms with Gasteiger partial charge in [-0.2, -0.15) is 0 Å². The van der Waals surface area contributed by atoms with Crippen LogP contribution in [0, 0.1) is 10.1 Å². The molecule has 0 saturated carbocycles. The van der Waals surface area contributed by atoms with Crippen molar-refractivity contribution in [3.05, 3.63) is 52.1 Å². The molecule has 0 aromatic heterocycles. The summed E-state index contributed by atoms with van der Waals surface area (Å²) in [4.78, 5) is 28.9. The van der Waals surface area contributed by atoms with Crippen LogP contribution in [0.1, 0.15) is 44.6 Å². The molecule has 166 valence electrons. The molecule has 1 aromatic carbocycles. The highest BCUT2D eigenvalue weighted by atomic mass is 127. The Hall–Kier alpha value is -2.17. The normalized spacial score (nSPS) is 14.5. The maximum atomic E-state index is 12.1. The topological polar surface area (TPSA) is 99.9 Å². The van der Waals surface area contributed by atoms with Crippen molar-refractivity contribution in [2.45, 2.75) is 45.6 Å². The van der Waals surface area contributed by atoms with E-state index in [1.807, 2.05) is 11.8 Å². The number of aliphatic imine (C=N–C) groups is 1. The van der Waals surface area contributed by atoms with Gasteiger partial charge < -0.3 is 15.5 Å². The van der Waals surface area contributed by atoms with Crippen LogP contribution < -0.4 is 10.6 Å². The van der Waals surface area contributed by atoms with Gasteiger partial charge in [0.15, 0.2) is 5.96 Å². The number of nitro benzene ring substituents is 1. The molecule has 2 N–H and O–H groups in total. The standard InChI is InChI=1S/C21H31N5O3.HI/c1-17(2)15-23-21(24-16-18-8-10-19(11-9-18)26(28)29)22-12-6-14-25-13-5-3-4-7-20(25)27;/h8-11H,1,3-7,12-16H2,2H3,(H2,22,23,24);1H. The fraction of sp³-hybridized carbons (Fsp3) is 0.524. The molecular weight excluding hydrogens is 497 g/mol. The molecule has 1 aliphatic rings. The van der Waals surface area contributed by atoms with E-state index < -0.39 is 4.92 Å². The van der Waals surface area contributed by atoms with Crippen molar-refractivity contribution in [1.82, 2.24) is 15.5 Å². The Morgan fingerprint density at radius 2 is 1.97 bits per heavy atom. The second kappa shape index (κ2) is 13.9. The third kappa shape index (κ3) is 9.55. The number of nitro groups is 1. The number of nitrogens with zero attached hydrogens (tertiary/aromatic N) is 3. The zero-order valence-electron chi connectivity index (χ0n) is 17.6. The first-order chi connectivity index (χ1) is 14.0. The summed E-state index contributed by atoms with van der Waals surface area (Å²) in [7, 11) is 0. The van der Waals surface area contributed by atoms with E-state index in [9.17, 15) is 14.9 Å². The highest BCUT2D eigenvalue weighted by Crippen LogP contribution is 2.13. The van der Waals surface area contributed by atoms with Gasteiger partial charge in [-0.25, -0.2) is 4.99 Å². The Kier molecular flexibility index (Phi) is 12.0. The highest BCUT2D eigenvalue weighted by Gasteiger charge is 2.15. The second-order valence-corrected chi connectivity index (χ2v) is 7.37. The Balaban J connectivity index is 0.00000450. The van der Waals surface area contributed by atoms with Gasteiger partial charge in [0.1, 0.15) is 0 Å². The minimum Gasteiger partial charge on any atom is -0.356 e. The number of halogens is 1. The Bertz CT molecular complexity index is 737. The Morgan fingerprint density at radius 3 is 2.63 bits per heavy atom. The number of carbonyl (C=O) groups is 1. The number of hydrogen-bond acceptors (Lipinski definition) is 4. The van der Waals surface area contributed by atoms with Gasteiger partial charge in [0, 0.05) is 44.7 Å². The van der Waals surface area contributed by atoms with Gasteiger partial charge in [-0.15, -0.1) is 24.0 Å². The first-order valence-corrected chi connectivity index (χ1v) is 10.1. The number of guanidine groups is 1. The number of likely N-dealkylation sites (tertiary alicyclic amines) is 1. The van der Waals surface area contributed by atoms with E-state index in [1.54, 1.807) is 12.1 Å². The summed E-state index contributed by atoms with van der Waals surface area (Å²) in [6, 6.07) is 6.39. The van der Waals surface area contributed by atoms with Crippen LogP contribution in [0.5, 0.6) is 0 Å². The van der Waals surface area contributed by atoms with Gasteiger partial charge in [0.25, 0.3) is 5.69 Å². The molecular formula is C21H32IN5O3. The van der Waals surface area contributed by atoms with Crippen LogP contribution in [0.25, 0.3) is 0 Å². The maximum Gasteiger partial charge on any atom is 0.269 e. The number of non-ortho nitro benzene ring substituents is 1. The summed E-state index contributed by atoms with van der Waals surface area (Å²) in [6.07, 6.45) is 4.72. The molecule has 0 atom stereocenters. The molecule has 1 amide bonds. The summed E-state index contributed by atoms with van der Waals surface area (Å²) < 4.78 is 0. The molecule has 1 aliphatic heterocycles. The van der Waals surface area contributed by atoms with Crippen molar-refractivity contribution in [3.8, 4) is 0 Å². The van der Waals surface area contributed by atoms with Crippen molar-refractivity contribution in [1.29, 1.82) is 0 Å². The number of benzene rings is 1. The zero-order valence-corrected chi connectivity index (χ0v) is 19.9. The lowest BCUT2D eigenvalue weighted by Crippen LogP contribution is -2.40. The van der Waals surface area contributed by atoms with Crippen molar-refractivity contribution in [3.63, 3.8) is 0 Å². The molecule has 2 rings (SSSR count). The summed E-state index contributed by atoms with van der Waals surface area (Å²) >= 11 is 0. The SMILES string of the molecule is C=C(C)CNC(=NCc1ccc([N+](=O)[O-])cc1)NCCCN1CCCCCC1=O.I. The molecule has 1 fully saturated rings. The van der Waals surface area contributed by atoms with E-state index in [0.717, 1.165) is 49.9 Å². The largest absolute Gasteiger partial charge is 0.356 e. The Labute approximate surface area is 195 Å². The predicted octanol–water partition coefficient (Wildman–Crippen LogP) is 3.62. The van der Waals surface area contributed by atoms with E-state index in [0.29, 0.717) is 32.0 Å². The smallest absolute Gasteiger partial charge is 0.269 e. The van der Waals surface area contributed by atoms with Crippen LogP contribution in [0.15, 0.2) is 41.4 Å². The minimum absolute atomic E-state index is 0. The second-order valence-electron chi connectivity index (χ2n) is 7.37. The first kappa shape index (κ1) is 25.9. The summed E-state index contributed by atoms with van der Waals surface area (Å²) in [5.74, 6) is 0.920. The van der Waals surface area contributed by atoms with Gasteiger partial charge in [-0.05, 0) is 31.7 Å². The maximum absolute atomic E-state index is 12.1. The summed E-state index contributed by atoms with van der Waals surface area (Å²) in [5, 5.41) is 17.3. The summed E-state index contributed by atoms with van der Waals surface area (Å²) in [6.45, 7) is 9.16. The monoisotopic (exact) mass is 529 g/mol. The molecule has 0 spiro atoms. The number of nitrogens with one attached hydrogen (secondary N) is 2. The molecule has 1 heterocycles. The van der Waals surface area contributed by atoms with Crippen LogP contribution >= 0.6 is 24.0 Å². The lowest BCUT2D eigenvalue weighted by Gasteiger charge is -2.21. The third-order valence-electron chi connectivity index (χ3n) is 4.69. The lowest BCUT2D eigenvalue weighted by atomic mass is 10.2. The lowest BCUT2D eigenvalue weighted by molar-refractivity contribution is -0.384. The van der Waals surface area contributed by atoms with Crippen LogP contribution in [0.2, 0.25) is 0 Å². The van der Waals surface area contributed by atoms with Gasteiger partial charge in [-0.3, -0.25) is 14.9 Å². The van der Waals surface area contributed by atoms with Gasteiger partial charge in [-0.1, -0.05) is 30.7 Å². The number of carbonyl (C=O) groups excluding carboxylic acids is 1. The van der Waals surface area contributed by atoms with E-state index >= 15 is 0 Å². The first-order valence-electron chi connectivity index (χ1n) is 10.1. The van der Waals surface area contributed by atoms with Gasteiger partial charge in [0.2, 0.25) is 5.91 Å². The van der Waals surface area contributed by atoms with Crippen molar-refractivity contribution >= 4 is 41.5 Å². The zero-order chi connectivity index (χ0) is 21.1. The molecule has 30 heavy (non-hydrogen) atoms. The number of amides is 1. The molecule has 8 nitrogen and oxygen atoms in total. The van der Waals surface area contributed by atoms with Crippen molar-refractivity contribution < 1.29 is 9.72 Å². The molecule has 1 aromatic rings. The third-order valence-corrected chi connectivity index (χ3v) is 4.69. The van der Waals surface area contributed by atoms with Crippen LogP contribution in [0.4, 0.5) is 5.69 Å². The minimum atomic E-state index is -0.413. The van der Waals surface area contributed by atoms with Crippen LogP contribution in [-0.2, 0) is 11.3 Å². The highest BCUT2D eigenvalue weighted by molar-refractivity contribution is 14.0. The average Bonchev–Trinajstić information content (AvgIpc) is 2.91. The fourth-order valence-corrected chi connectivity index (χ4v) is 3.05. The molecule has 0 bridgehead atoms. The average molecular weight is 529 g/mol. The quantitative estimate of drug-likeness (QED) is 0.0969. The predicted molar refractivity (Wildman–Crippen MR) is 130 cm³/mol. The molecule has 1 saturated heterocycles. The van der Waals surface area contributed by atoms with E-state index in [4.69, 9.17) is 0 Å². The van der Waals surface area contributed by atoms with E-state index in [2.05, 4.69) is 22.2 Å². The summed E-state index contributed by atoms with van der Waals surface area (Å²) in [5.41, 5.74) is 1.95. The van der Waals surface area contributed by atoms with Crippen LogP contribution in [-0.4, -0.2) is 47.9 Å². The molecule has 0 radical (unpaired) electrons. The molecule has 9 heteroatoms. The molecule has 0 aliphatic carbocycles. The fourth-order valence-electron chi connectivity index (χ4n) is 3.05. The van der Waals surface area contributed by atoms with Gasteiger partial charge in [0.05, 0.1) is 11.5 Å². The number of hydrogen-bond donors (Lipinski definition) is 2. The van der Waals surface area contributed by atoms with Gasteiger partial charge >= 0.3 is 0 Å². The Morgan fingerprint density at radius 1 is 1.23 bits per heavy atom. The van der Waals surface area contributed by atoms with Crippen molar-refractivity contribution in [2.75, 3.05) is 26.2 Å². The van der Waals surface area contributed by atoms with E-state index in [-0.39, 0.29) is 35.6 Å². The van der Waals surface area contributed by atoms with Crippen molar-refractivity contribution in [2.24, 2.45) is 4.99 Å². The van der Waals surface area contributed by atoms with Crippen LogP contribution in [0.3, 0.4) is 0 Å².